The SMILES string of the molecule is CCNC(=O)c1sc(NCC=C(C)C)c(C(=O)OC)c1N. The zero-order valence-corrected chi connectivity index (χ0v) is 13.5. The van der Waals surface area contributed by atoms with Crippen molar-refractivity contribution in [3.63, 3.8) is 0 Å². The molecule has 0 spiro atoms. The largest absolute Gasteiger partial charge is 0.465 e. The fourth-order valence-electron chi connectivity index (χ4n) is 1.63. The molecule has 1 rings (SSSR count). The fraction of sp³-hybridized carbons (Fsp3) is 0.429. The molecule has 0 bridgehead atoms. The first-order valence-electron chi connectivity index (χ1n) is 6.58. The summed E-state index contributed by atoms with van der Waals surface area (Å²) in [7, 11) is 1.28. The molecular formula is C14H21N3O3S. The summed E-state index contributed by atoms with van der Waals surface area (Å²) in [5.41, 5.74) is 7.45. The van der Waals surface area contributed by atoms with Gasteiger partial charge in [0.05, 0.1) is 12.8 Å². The molecule has 0 radical (unpaired) electrons. The Hall–Kier alpha value is -2.02. The molecule has 116 valence electrons. The van der Waals surface area contributed by atoms with Crippen molar-refractivity contribution in [1.82, 2.24) is 5.32 Å². The van der Waals surface area contributed by atoms with E-state index in [-0.39, 0.29) is 17.2 Å². The molecule has 1 heterocycles. The van der Waals surface area contributed by atoms with E-state index in [9.17, 15) is 9.59 Å². The smallest absolute Gasteiger partial charge is 0.343 e. The van der Waals surface area contributed by atoms with Gasteiger partial charge in [-0.25, -0.2) is 4.79 Å². The van der Waals surface area contributed by atoms with Crippen molar-refractivity contribution in [2.24, 2.45) is 0 Å². The van der Waals surface area contributed by atoms with Crippen LogP contribution in [0.2, 0.25) is 0 Å². The van der Waals surface area contributed by atoms with Crippen LogP contribution in [0.1, 0.15) is 40.8 Å². The molecule has 0 saturated heterocycles. The standard InChI is InChI=1S/C14H21N3O3S/c1-5-16-12(18)11-10(15)9(14(19)20-4)13(21-11)17-7-6-8(2)3/h6,17H,5,7,15H2,1-4H3,(H,16,18). The summed E-state index contributed by atoms with van der Waals surface area (Å²) in [6, 6.07) is 0. The number of esters is 1. The number of hydrogen-bond acceptors (Lipinski definition) is 6. The maximum atomic E-state index is 12.0. The summed E-state index contributed by atoms with van der Waals surface area (Å²) in [6.45, 7) is 6.81. The van der Waals surface area contributed by atoms with E-state index in [1.807, 2.05) is 26.8 Å². The van der Waals surface area contributed by atoms with Gasteiger partial charge in [0.1, 0.15) is 15.4 Å². The molecule has 0 aliphatic heterocycles. The number of allylic oxidation sites excluding steroid dienone is 1. The summed E-state index contributed by atoms with van der Waals surface area (Å²) in [6.07, 6.45) is 1.97. The quantitative estimate of drug-likeness (QED) is 0.553. The molecule has 0 saturated carbocycles. The van der Waals surface area contributed by atoms with Gasteiger partial charge >= 0.3 is 5.97 Å². The average Bonchev–Trinajstić information content (AvgIpc) is 2.75. The van der Waals surface area contributed by atoms with E-state index in [2.05, 4.69) is 10.6 Å². The number of hydrogen-bond donors (Lipinski definition) is 3. The Bertz CT molecular complexity index is 560. The second kappa shape index (κ2) is 7.68. The summed E-state index contributed by atoms with van der Waals surface area (Å²) in [4.78, 5) is 24.1. The van der Waals surface area contributed by atoms with Crippen molar-refractivity contribution in [1.29, 1.82) is 0 Å². The van der Waals surface area contributed by atoms with E-state index < -0.39 is 5.97 Å². The minimum Gasteiger partial charge on any atom is -0.465 e. The summed E-state index contributed by atoms with van der Waals surface area (Å²) >= 11 is 1.15. The van der Waals surface area contributed by atoms with Crippen molar-refractivity contribution >= 4 is 33.9 Å². The van der Waals surface area contributed by atoms with E-state index in [0.717, 1.165) is 16.9 Å². The second-order valence-electron chi connectivity index (χ2n) is 4.56. The minimum absolute atomic E-state index is 0.150. The van der Waals surface area contributed by atoms with Gasteiger partial charge in [-0.1, -0.05) is 11.6 Å². The van der Waals surface area contributed by atoms with Crippen LogP contribution in [0.3, 0.4) is 0 Å². The number of nitrogens with one attached hydrogen (secondary N) is 2. The first kappa shape index (κ1) is 17.0. The van der Waals surface area contributed by atoms with E-state index in [0.29, 0.717) is 23.0 Å². The van der Waals surface area contributed by atoms with E-state index in [1.165, 1.54) is 7.11 Å². The number of methoxy groups -OCH3 is 1. The third-order valence-electron chi connectivity index (χ3n) is 2.65. The van der Waals surface area contributed by atoms with Crippen molar-refractivity contribution < 1.29 is 14.3 Å². The molecule has 0 aliphatic carbocycles. The number of amides is 1. The van der Waals surface area contributed by atoms with Crippen molar-refractivity contribution in [2.45, 2.75) is 20.8 Å². The number of nitrogen functional groups attached to an aromatic ring is 1. The lowest BCUT2D eigenvalue weighted by Crippen LogP contribution is -2.22. The van der Waals surface area contributed by atoms with Gasteiger partial charge in [0.25, 0.3) is 5.91 Å². The van der Waals surface area contributed by atoms with Gasteiger partial charge in [0, 0.05) is 13.1 Å². The highest BCUT2D eigenvalue weighted by Crippen LogP contribution is 2.36. The van der Waals surface area contributed by atoms with Crippen LogP contribution < -0.4 is 16.4 Å². The van der Waals surface area contributed by atoms with E-state index >= 15 is 0 Å². The van der Waals surface area contributed by atoms with Gasteiger partial charge in [0.2, 0.25) is 0 Å². The first-order chi connectivity index (χ1) is 9.92. The Morgan fingerprint density at radius 3 is 2.57 bits per heavy atom. The lowest BCUT2D eigenvalue weighted by atomic mass is 10.2. The van der Waals surface area contributed by atoms with Gasteiger partial charge in [0.15, 0.2) is 0 Å². The predicted molar refractivity (Wildman–Crippen MR) is 86.0 cm³/mol. The van der Waals surface area contributed by atoms with Crippen molar-refractivity contribution in [3.8, 4) is 0 Å². The summed E-state index contributed by atoms with van der Waals surface area (Å²) in [5, 5.41) is 6.31. The third kappa shape index (κ3) is 4.22. The lowest BCUT2D eigenvalue weighted by Gasteiger charge is -2.04. The highest BCUT2D eigenvalue weighted by molar-refractivity contribution is 7.19. The molecular weight excluding hydrogens is 290 g/mol. The Balaban J connectivity index is 3.15. The van der Waals surface area contributed by atoms with Gasteiger partial charge in [-0.3, -0.25) is 4.79 Å². The lowest BCUT2D eigenvalue weighted by molar-refractivity contribution is 0.0603. The molecule has 0 unspecified atom stereocenters. The number of rotatable bonds is 6. The molecule has 1 amide bonds. The molecule has 0 aromatic carbocycles. The Labute approximate surface area is 128 Å². The van der Waals surface area contributed by atoms with Crippen molar-refractivity contribution in [2.75, 3.05) is 31.2 Å². The molecule has 0 fully saturated rings. The topological polar surface area (TPSA) is 93.5 Å². The normalized spacial score (nSPS) is 9.90. The Morgan fingerprint density at radius 2 is 2.05 bits per heavy atom. The van der Waals surface area contributed by atoms with Gasteiger partial charge in [-0.05, 0) is 20.8 Å². The fourth-order valence-corrected chi connectivity index (χ4v) is 2.66. The highest BCUT2D eigenvalue weighted by atomic mass is 32.1. The molecule has 1 aromatic heterocycles. The van der Waals surface area contributed by atoms with Crippen LogP contribution in [-0.2, 0) is 4.74 Å². The van der Waals surface area contributed by atoms with E-state index in [4.69, 9.17) is 10.5 Å². The van der Waals surface area contributed by atoms with E-state index in [1.54, 1.807) is 0 Å². The van der Waals surface area contributed by atoms with Gasteiger partial charge in [-0.15, -0.1) is 11.3 Å². The number of ether oxygens (including phenoxy) is 1. The van der Waals surface area contributed by atoms with Crippen LogP contribution in [0, 0.1) is 0 Å². The number of nitrogens with two attached hydrogens (primary N) is 1. The number of anilines is 2. The zero-order valence-electron chi connectivity index (χ0n) is 12.7. The van der Waals surface area contributed by atoms with Crippen LogP contribution in [0.4, 0.5) is 10.7 Å². The molecule has 6 nitrogen and oxygen atoms in total. The number of carbonyl (C=O) groups excluding carboxylic acids is 2. The first-order valence-corrected chi connectivity index (χ1v) is 7.40. The number of thiophene rings is 1. The van der Waals surface area contributed by atoms with Crippen LogP contribution >= 0.6 is 11.3 Å². The monoisotopic (exact) mass is 311 g/mol. The molecule has 4 N–H and O–H groups in total. The molecule has 1 aromatic rings. The second-order valence-corrected chi connectivity index (χ2v) is 5.58. The Morgan fingerprint density at radius 1 is 1.38 bits per heavy atom. The van der Waals surface area contributed by atoms with Crippen molar-refractivity contribution in [3.05, 3.63) is 22.1 Å². The third-order valence-corrected chi connectivity index (χ3v) is 3.81. The Kier molecular flexibility index (Phi) is 6.23. The summed E-state index contributed by atoms with van der Waals surface area (Å²) < 4.78 is 4.74. The molecule has 0 atom stereocenters. The predicted octanol–water partition coefficient (Wildman–Crippen LogP) is 2.24. The zero-order chi connectivity index (χ0) is 16.0. The average molecular weight is 311 g/mol. The molecule has 0 aliphatic rings. The van der Waals surface area contributed by atoms with Crippen LogP contribution in [0.25, 0.3) is 0 Å². The minimum atomic E-state index is -0.556. The molecule has 21 heavy (non-hydrogen) atoms. The number of carbonyl (C=O) groups is 2. The highest BCUT2D eigenvalue weighted by Gasteiger charge is 2.25. The maximum Gasteiger partial charge on any atom is 0.343 e. The summed E-state index contributed by atoms with van der Waals surface area (Å²) in [5.74, 6) is -0.848. The van der Waals surface area contributed by atoms with Gasteiger partial charge in [-0.2, -0.15) is 0 Å². The molecule has 7 heteroatoms. The van der Waals surface area contributed by atoms with Crippen LogP contribution in [0.5, 0.6) is 0 Å². The van der Waals surface area contributed by atoms with Crippen LogP contribution in [0.15, 0.2) is 11.6 Å². The van der Waals surface area contributed by atoms with Gasteiger partial charge < -0.3 is 21.1 Å². The van der Waals surface area contributed by atoms with Crippen LogP contribution in [-0.4, -0.2) is 32.1 Å². The maximum absolute atomic E-state index is 12.0.